The first kappa shape index (κ1) is 15.7. The van der Waals surface area contributed by atoms with Crippen molar-refractivity contribution in [2.24, 2.45) is 0 Å². The van der Waals surface area contributed by atoms with Gasteiger partial charge in [0.2, 0.25) is 5.91 Å². The van der Waals surface area contributed by atoms with E-state index < -0.39 is 0 Å². The van der Waals surface area contributed by atoms with E-state index >= 15 is 0 Å². The zero-order chi connectivity index (χ0) is 16.6. The molecule has 3 rings (SSSR count). The number of hydrogen-bond acceptors (Lipinski definition) is 4. The van der Waals surface area contributed by atoms with Gasteiger partial charge in [-0.15, -0.1) is 10.2 Å². The summed E-state index contributed by atoms with van der Waals surface area (Å²) in [6.07, 6.45) is 2.73. The van der Waals surface area contributed by atoms with Gasteiger partial charge in [-0.1, -0.05) is 0 Å². The summed E-state index contributed by atoms with van der Waals surface area (Å²) in [5.41, 5.74) is 1.97. The fraction of sp³-hybridized carbons (Fsp3) is 0.625. The Bertz CT molecular complexity index is 716. The van der Waals surface area contributed by atoms with Crippen LogP contribution in [-0.2, 0) is 24.3 Å². The Balaban J connectivity index is 1.65. The number of fused-ring (bicyclic) bond motifs is 1. The molecule has 3 heterocycles. The maximum absolute atomic E-state index is 12.6. The van der Waals surface area contributed by atoms with E-state index in [9.17, 15) is 4.79 Å². The summed E-state index contributed by atoms with van der Waals surface area (Å²) in [6.45, 7) is 7.08. The molecular formula is C16H24N6O. The van der Waals surface area contributed by atoms with Gasteiger partial charge in [0, 0.05) is 31.7 Å². The van der Waals surface area contributed by atoms with Crippen molar-refractivity contribution < 1.29 is 4.79 Å². The van der Waals surface area contributed by atoms with Gasteiger partial charge in [-0.25, -0.2) is 0 Å². The van der Waals surface area contributed by atoms with E-state index in [1.165, 1.54) is 0 Å². The number of carbonyl (C=O) groups is 1. The van der Waals surface area contributed by atoms with Gasteiger partial charge in [0.15, 0.2) is 0 Å². The predicted molar refractivity (Wildman–Crippen MR) is 86.0 cm³/mol. The van der Waals surface area contributed by atoms with Crippen molar-refractivity contribution in [3.63, 3.8) is 0 Å². The van der Waals surface area contributed by atoms with Crippen LogP contribution in [0.5, 0.6) is 0 Å². The van der Waals surface area contributed by atoms with Crippen molar-refractivity contribution in [2.45, 2.75) is 59.2 Å². The van der Waals surface area contributed by atoms with Crippen molar-refractivity contribution in [1.29, 1.82) is 0 Å². The molecule has 0 fully saturated rings. The van der Waals surface area contributed by atoms with Crippen molar-refractivity contribution in [1.82, 2.24) is 29.4 Å². The highest BCUT2D eigenvalue weighted by molar-refractivity contribution is 5.76. The Morgan fingerprint density at radius 2 is 2.09 bits per heavy atom. The second-order valence-electron chi connectivity index (χ2n) is 6.39. The fourth-order valence-corrected chi connectivity index (χ4v) is 3.28. The van der Waals surface area contributed by atoms with E-state index in [1.54, 1.807) is 4.68 Å². The number of likely N-dealkylation sites (N-methyl/N-ethyl adjacent to an activating group) is 1. The molecule has 124 valence electrons. The molecule has 0 saturated heterocycles. The summed E-state index contributed by atoms with van der Waals surface area (Å²) in [6, 6.07) is 2.23. The van der Waals surface area contributed by atoms with E-state index in [1.807, 2.05) is 38.8 Å². The lowest BCUT2D eigenvalue weighted by atomic mass is 10.1. The number of aromatic nitrogens is 5. The Labute approximate surface area is 136 Å². The zero-order valence-corrected chi connectivity index (χ0v) is 14.3. The third kappa shape index (κ3) is 3.13. The highest BCUT2D eigenvalue weighted by Gasteiger charge is 2.25. The van der Waals surface area contributed by atoms with Gasteiger partial charge in [0.05, 0.1) is 5.69 Å². The van der Waals surface area contributed by atoms with Crippen LogP contribution < -0.4 is 0 Å². The first-order chi connectivity index (χ1) is 11.0. The maximum atomic E-state index is 12.6. The second-order valence-corrected chi connectivity index (χ2v) is 6.39. The molecule has 2 aromatic heterocycles. The van der Waals surface area contributed by atoms with Crippen LogP contribution in [0.2, 0.25) is 0 Å². The lowest BCUT2D eigenvalue weighted by molar-refractivity contribution is -0.133. The van der Waals surface area contributed by atoms with E-state index in [4.69, 9.17) is 0 Å². The molecule has 2 aromatic rings. The Morgan fingerprint density at radius 3 is 2.78 bits per heavy atom. The lowest BCUT2D eigenvalue weighted by Crippen LogP contribution is -2.39. The van der Waals surface area contributed by atoms with Gasteiger partial charge >= 0.3 is 0 Å². The predicted octanol–water partition coefficient (Wildman–Crippen LogP) is 1.26. The summed E-state index contributed by atoms with van der Waals surface area (Å²) < 4.78 is 3.95. The zero-order valence-electron chi connectivity index (χ0n) is 14.3. The quantitative estimate of drug-likeness (QED) is 0.855. The first-order valence-electron chi connectivity index (χ1n) is 8.11. The number of rotatable bonds is 3. The van der Waals surface area contributed by atoms with Gasteiger partial charge in [-0.3, -0.25) is 9.48 Å². The number of nitrogens with zero attached hydrogens (tertiary/aromatic N) is 6. The normalized spacial score (nSPS) is 17.7. The molecule has 7 heteroatoms. The van der Waals surface area contributed by atoms with Crippen molar-refractivity contribution in [3.8, 4) is 0 Å². The number of carbonyl (C=O) groups excluding carboxylic acids is 1. The van der Waals surface area contributed by atoms with E-state index in [0.29, 0.717) is 6.54 Å². The van der Waals surface area contributed by atoms with Crippen LogP contribution in [0, 0.1) is 20.8 Å². The van der Waals surface area contributed by atoms with Gasteiger partial charge in [0.1, 0.15) is 18.2 Å². The van der Waals surface area contributed by atoms with Crippen molar-refractivity contribution >= 4 is 5.91 Å². The SMILES string of the molecule is Cc1cc(C)n(CC(=O)N(C)[C@H]2CCc3nnc(C)n3CC2)n1. The summed E-state index contributed by atoms with van der Waals surface area (Å²) in [4.78, 5) is 14.5. The highest BCUT2D eigenvalue weighted by Crippen LogP contribution is 2.19. The molecule has 0 aromatic carbocycles. The third-order valence-corrected chi connectivity index (χ3v) is 4.73. The molecule has 0 bridgehead atoms. The molecule has 1 aliphatic rings. The molecule has 23 heavy (non-hydrogen) atoms. The van der Waals surface area contributed by atoms with Crippen LogP contribution in [0.1, 0.15) is 35.9 Å². The minimum Gasteiger partial charge on any atom is -0.341 e. The molecule has 0 spiro atoms. The minimum absolute atomic E-state index is 0.107. The van der Waals surface area contributed by atoms with E-state index in [0.717, 1.165) is 48.8 Å². The van der Waals surface area contributed by atoms with E-state index in [-0.39, 0.29) is 11.9 Å². The topological polar surface area (TPSA) is 68.8 Å². The molecule has 0 aliphatic carbocycles. The Morgan fingerprint density at radius 1 is 1.30 bits per heavy atom. The molecule has 0 saturated carbocycles. The van der Waals surface area contributed by atoms with Gasteiger partial charge < -0.3 is 9.47 Å². The molecule has 0 unspecified atom stereocenters. The molecule has 0 radical (unpaired) electrons. The Kier molecular flexibility index (Phi) is 4.19. The van der Waals surface area contributed by atoms with Crippen LogP contribution in [-0.4, -0.2) is 48.4 Å². The average Bonchev–Trinajstić information content (AvgIpc) is 2.93. The number of hydrogen-bond donors (Lipinski definition) is 0. The summed E-state index contributed by atoms with van der Waals surface area (Å²) >= 11 is 0. The van der Waals surface area contributed by atoms with Gasteiger partial charge in [-0.05, 0) is 39.7 Å². The standard InChI is InChI=1S/C16H24N6O/c1-11-9-12(2)22(19-11)10-16(23)20(4)14-5-6-15-18-17-13(3)21(15)8-7-14/h9,14H,5-8,10H2,1-4H3/t14-/m0/s1. The van der Waals surface area contributed by atoms with Gasteiger partial charge in [0.25, 0.3) is 0 Å². The second kappa shape index (κ2) is 6.14. The average molecular weight is 316 g/mol. The molecule has 1 atom stereocenters. The van der Waals surface area contributed by atoms with Crippen LogP contribution >= 0.6 is 0 Å². The van der Waals surface area contributed by atoms with E-state index in [2.05, 4.69) is 19.9 Å². The summed E-state index contributed by atoms with van der Waals surface area (Å²) in [5, 5.41) is 12.7. The Hall–Kier alpha value is -2.18. The molecule has 7 nitrogen and oxygen atoms in total. The number of amides is 1. The smallest absolute Gasteiger partial charge is 0.244 e. The van der Waals surface area contributed by atoms with Crippen LogP contribution in [0.3, 0.4) is 0 Å². The highest BCUT2D eigenvalue weighted by atomic mass is 16.2. The molecule has 1 aliphatic heterocycles. The van der Waals surface area contributed by atoms with Crippen LogP contribution in [0.4, 0.5) is 0 Å². The summed E-state index contributed by atoms with van der Waals surface area (Å²) in [5.74, 6) is 2.09. The van der Waals surface area contributed by atoms with Crippen LogP contribution in [0.25, 0.3) is 0 Å². The lowest BCUT2D eigenvalue weighted by Gasteiger charge is -2.27. The van der Waals surface area contributed by atoms with Gasteiger partial charge in [-0.2, -0.15) is 5.10 Å². The fourth-order valence-electron chi connectivity index (χ4n) is 3.28. The van der Waals surface area contributed by atoms with Crippen LogP contribution in [0.15, 0.2) is 6.07 Å². The maximum Gasteiger partial charge on any atom is 0.244 e. The monoisotopic (exact) mass is 316 g/mol. The number of aryl methyl sites for hydroxylation is 4. The van der Waals surface area contributed by atoms with Crippen molar-refractivity contribution in [2.75, 3.05) is 7.05 Å². The first-order valence-corrected chi connectivity index (χ1v) is 8.11. The largest absolute Gasteiger partial charge is 0.341 e. The summed E-state index contributed by atoms with van der Waals surface area (Å²) in [7, 11) is 1.90. The third-order valence-electron chi connectivity index (χ3n) is 4.73. The minimum atomic E-state index is 0.107. The molecular weight excluding hydrogens is 292 g/mol. The molecule has 1 amide bonds. The van der Waals surface area contributed by atoms with Crippen molar-refractivity contribution in [3.05, 3.63) is 29.1 Å². The molecule has 0 N–H and O–H groups in total.